The lowest BCUT2D eigenvalue weighted by Crippen LogP contribution is -2.31. The molecule has 0 bridgehead atoms. The average Bonchev–Trinajstić information content (AvgIpc) is 2.35. The van der Waals surface area contributed by atoms with Gasteiger partial charge in [-0.15, -0.1) is 11.6 Å². The number of carbonyl (C=O) groups is 1. The Balaban J connectivity index is 2.64. The second-order valence-electron chi connectivity index (χ2n) is 4.31. The minimum atomic E-state index is -0.491. The lowest BCUT2D eigenvalue weighted by molar-refractivity contribution is -0.129. The maximum Gasteiger partial charge on any atom is 0.240 e. The highest BCUT2D eigenvalue weighted by Gasteiger charge is 2.14. The van der Waals surface area contributed by atoms with E-state index in [4.69, 9.17) is 16.3 Å². The summed E-state index contributed by atoms with van der Waals surface area (Å²) < 4.78 is 5.56. The first-order valence-electron chi connectivity index (χ1n) is 6.15. The monoisotopic (exact) mass is 269 g/mol. The van der Waals surface area contributed by atoms with Crippen molar-refractivity contribution in [3.8, 4) is 5.75 Å². The second-order valence-corrected chi connectivity index (χ2v) is 4.96. The van der Waals surface area contributed by atoms with Gasteiger partial charge in [-0.25, -0.2) is 0 Å². The molecule has 4 heteroatoms. The lowest BCUT2D eigenvalue weighted by atomic mass is 10.2. The normalized spacial score (nSPS) is 12.0. The van der Waals surface area contributed by atoms with Gasteiger partial charge in [0.15, 0.2) is 0 Å². The zero-order valence-electron chi connectivity index (χ0n) is 11.1. The molecule has 0 spiro atoms. The molecule has 0 aromatic heterocycles. The number of alkyl halides is 1. The fraction of sp³-hybridized carbons (Fsp3) is 0.500. The van der Waals surface area contributed by atoms with Crippen molar-refractivity contribution in [2.24, 2.45) is 0 Å². The van der Waals surface area contributed by atoms with E-state index in [1.54, 1.807) is 18.9 Å². The van der Waals surface area contributed by atoms with Gasteiger partial charge in [-0.3, -0.25) is 4.79 Å². The Kier molecular flexibility index (Phi) is 5.99. The molecular formula is C14H20ClNO2. The van der Waals surface area contributed by atoms with Crippen LogP contribution >= 0.6 is 11.6 Å². The quantitative estimate of drug-likeness (QED) is 0.743. The van der Waals surface area contributed by atoms with Crippen LogP contribution in [-0.4, -0.2) is 29.8 Å². The fourth-order valence-electron chi connectivity index (χ4n) is 1.61. The number of nitrogens with zero attached hydrogens (tertiary/aromatic N) is 1. The van der Waals surface area contributed by atoms with Crippen molar-refractivity contribution in [3.63, 3.8) is 0 Å². The molecule has 0 aliphatic carbocycles. The molecule has 1 unspecified atom stereocenters. The summed E-state index contributed by atoms with van der Waals surface area (Å²) in [6.07, 6.45) is 0.979. The molecule has 0 N–H and O–H groups in total. The molecule has 3 nitrogen and oxygen atoms in total. The summed E-state index contributed by atoms with van der Waals surface area (Å²) >= 11 is 5.77. The number of rotatable bonds is 6. The summed E-state index contributed by atoms with van der Waals surface area (Å²) in [4.78, 5) is 13.3. The minimum absolute atomic E-state index is 0.0726. The van der Waals surface area contributed by atoms with Crippen molar-refractivity contribution in [1.29, 1.82) is 0 Å². The van der Waals surface area contributed by atoms with Gasteiger partial charge in [-0.2, -0.15) is 0 Å². The van der Waals surface area contributed by atoms with Gasteiger partial charge in [0.1, 0.15) is 11.1 Å². The number of benzene rings is 1. The zero-order valence-corrected chi connectivity index (χ0v) is 11.9. The molecule has 100 valence electrons. The first-order valence-corrected chi connectivity index (χ1v) is 6.59. The summed E-state index contributed by atoms with van der Waals surface area (Å²) in [5, 5.41) is -0.491. The highest BCUT2D eigenvalue weighted by molar-refractivity contribution is 6.30. The van der Waals surface area contributed by atoms with Crippen LogP contribution in [0, 0.1) is 0 Å². The van der Waals surface area contributed by atoms with Crippen LogP contribution in [0.25, 0.3) is 0 Å². The Morgan fingerprint density at radius 2 is 2.22 bits per heavy atom. The molecule has 0 fully saturated rings. The van der Waals surface area contributed by atoms with E-state index >= 15 is 0 Å². The molecule has 1 aromatic rings. The Morgan fingerprint density at radius 1 is 1.50 bits per heavy atom. The average molecular weight is 270 g/mol. The van der Waals surface area contributed by atoms with Crippen LogP contribution in [-0.2, 0) is 11.3 Å². The van der Waals surface area contributed by atoms with E-state index in [1.165, 1.54) is 0 Å². The van der Waals surface area contributed by atoms with Crippen LogP contribution in [0.1, 0.15) is 25.8 Å². The van der Waals surface area contributed by atoms with Gasteiger partial charge in [-0.1, -0.05) is 19.1 Å². The molecular weight excluding hydrogens is 250 g/mol. The molecule has 0 aliphatic rings. The molecule has 0 radical (unpaired) electrons. The van der Waals surface area contributed by atoms with Crippen LogP contribution in [0.4, 0.5) is 0 Å². The van der Waals surface area contributed by atoms with Crippen molar-refractivity contribution in [1.82, 2.24) is 4.90 Å². The maximum absolute atomic E-state index is 11.7. The van der Waals surface area contributed by atoms with E-state index < -0.39 is 5.38 Å². The second kappa shape index (κ2) is 7.27. The SMILES string of the molecule is CCCOc1cccc(CN(C)C(=O)C(C)Cl)c1. The standard InChI is InChI=1S/C14H20ClNO2/c1-4-8-18-13-7-5-6-12(9-13)10-16(3)14(17)11(2)15/h5-7,9,11H,4,8,10H2,1-3H3. The van der Waals surface area contributed by atoms with Crippen LogP contribution in [0.15, 0.2) is 24.3 Å². The largest absolute Gasteiger partial charge is 0.494 e. The molecule has 1 aromatic carbocycles. The van der Waals surface area contributed by atoms with E-state index in [-0.39, 0.29) is 5.91 Å². The maximum atomic E-state index is 11.7. The topological polar surface area (TPSA) is 29.5 Å². The summed E-state index contributed by atoms with van der Waals surface area (Å²) in [6.45, 7) is 5.00. The van der Waals surface area contributed by atoms with Gasteiger partial charge >= 0.3 is 0 Å². The fourth-order valence-corrected chi connectivity index (χ4v) is 1.78. The van der Waals surface area contributed by atoms with E-state index in [2.05, 4.69) is 6.92 Å². The third-order valence-electron chi connectivity index (χ3n) is 2.51. The summed E-state index contributed by atoms with van der Waals surface area (Å²) in [5.74, 6) is 0.769. The lowest BCUT2D eigenvalue weighted by Gasteiger charge is -2.19. The first-order chi connectivity index (χ1) is 8.54. The van der Waals surface area contributed by atoms with Crippen LogP contribution in [0.3, 0.4) is 0 Å². The van der Waals surface area contributed by atoms with Gasteiger partial charge < -0.3 is 9.64 Å². The highest BCUT2D eigenvalue weighted by Crippen LogP contribution is 2.15. The Bertz CT molecular complexity index is 393. The number of ether oxygens (including phenoxy) is 1. The van der Waals surface area contributed by atoms with Crippen molar-refractivity contribution in [2.45, 2.75) is 32.2 Å². The number of carbonyl (C=O) groups excluding carboxylic acids is 1. The summed E-state index contributed by atoms with van der Waals surface area (Å²) in [7, 11) is 1.75. The smallest absolute Gasteiger partial charge is 0.240 e. The van der Waals surface area contributed by atoms with Gasteiger partial charge in [0.25, 0.3) is 0 Å². The summed E-state index contributed by atoms with van der Waals surface area (Å²) in [5.41, 5.74) is 1.04. The van der Waals surface area contributed by atoms with Crippen molar-refractivity contribution >= 4 is 17.5 Å². The Hall–Kier alpha value is -1.22. The zero-order chi connectivity index (χ0) is 13.5. The van der Waals surface area contributed by atoms with Crippen molar-refractivity contribution in [3.05, 3.63) is 29.8 Å². The Labute approximate surface area is 114 Å². The summed E-state index contributed by atoms with van der Waals surface area (Å²) in [6, 6.07) is 7.79. The Morgan fingerprint density at radius 3 is 2.83 bits per heavy atom. The van der Waals surface area contributed by atoms with Gasteiger partial charge in [0, 0.05) is 13.6 Å². The molecule has 0 aliphatic heterocycles. The van der Waals surface area contributed by atoms with Gasteiger partial charge in [0.2, 0.25) is 5.91 Å². The van der Waals surface area contributed by atoms with Gasteiger partial charge in [0.05, 0.1) is 6.61 Å². The van der Waals surface area contributed by atoms with E-state index in [9.17, 15) is 4.79 Å². The molecule has 0 heterocycles. The van der Waals surface area contributed by atoms with E-state index in [0.29, 0.717) is 13.2 Å². The van der Waals surface area contributed by atoms with Crippen LogP contribution < -0.4 is 4.74 Å². The molecule has 0 saturated carbocycles. The van der Waals surface area contributed by atoms with E-state index in [0.717, 1.165) is 17.7 Å². The molecule has 18 heavy (non-hydrogen) atoms. The third kappa shape index (κ3) is 4.57. The van der Waals surface area contributed by atoms with Crippen LogP contribution in [0.2, 0.25) is 0 Å². The molecule has 0 saturated heterocycles. The number of halogens is 1. The van der Waals surface area contributed by atoms with Gasteiger partial charge in [-0.05, 0) is 31.0 Å². The molecule has 1 atom stereocenters. The number of hydrogen-bond donors (Lipinski definition) is 0. The molecule has 1 amide bonds. The minimum Gasteiger partial charge on any atom is -0.494 e. The first kappa shape index (κ1) is 14.8. The number of amides is 1. The predicted octanol–water partition coefficient (Wildman–Crippen LogP) is 3.06. The third-order valence-corrected chi connectivity index (χ3v) is 2.69. The van der Waals surface area contributed by atoms with Crippen molar-refractivity contribution in [2.75, 3.05) is 13.7 Å². The van der Waals surface area contributed by atoms with Crippen LogP contribution in [0.5, 0.6) is 5.75 Å². The number of hydrogen-bond acceptors (Lipinski definition) is 2. The highest BCUT2D eigenvalue weighted by atomic mass is 35.5. The predicted molar refractivity (Wildman–Crippen MR) is 74.0 cm³/mol. The van der Waals surface area contributed by atoms with Crippen molar-refractivity contribution < 1.29 is 9.53 Å². The van der Waals surface area contributed by atoms with E-state index in [1.807, 2.05) is 24.3 Å². The molecule has 1 rings (SSSR count).